The van der Waals surface area contributed by atoms with Crippen molar-refractivity contribution in [3.8, 4) is 6.01 Å². The topological polar surface area (TPSA) is 93.6 Å². The van der Waals surface area contributed by atoms with Crippen LogP contribution in [0.4, 0.5) is 0 Å². The van der Waals surface area contributed by atoms with Gasteiger partial charge in [-0.1, -0.05) is 24.4 Å². The summed E-state index contributed by atoms with van der Waals surface area (Å²) in [6, 6.07) is 1.84. The maximum Gasteiger partial charge on any atom is 0.317 e. The Morgan fingerprint density at radius 2 is 2.41 bits per heavy atom. The maximum absolute atomic E-state index is 8.53. The van der Waals surface area contributed by atoms with Gasteiger partial charge in [0.2, 0.25) is 0 Å². The summed E-state index contributed by atoms with van der Waals surface area (Å²) in [5.74, 6) is 0.749. The fraction of sp³-hybridized carbons (Fsp3) is 0.545. The summed E-state index contributed by atoms with van der Waals surface area (Å²) in [6.07, 6.45) is 6.50. The SMILES string of the molecule is N/C(=N/O)c1ccnc(OCCC2CCC2)n1. The number of nitrogens with two attached hydrogens (primary N) is 1. The van der Waals surface area contributed by atoms with E-state index in [0.29, 0.717) is 12.3 Å². The third kappa shape index (κ3) is 3.05. The standard InChI is InChI=1S/C11H16N4O2/c12-10(15-16)9-4-6-13-11(14-9)17-7-5-8-2-1-3-8/h4,6,8,16H,1-3,5,7H2,(H2,12,15). The molecule has 0 amide bonds. The lowest BCUT2D eigenvalue weighted by atomic mass is 9.83. The molecule has 0 spiro atoms. The average Bonchev–Trinajstić information content (AvgIpc) is 2.32. The van der Waals surface area contributed by atoms with E-state index < -0.39 is 0 Å². The van der Waals surface area contributed by atoms with Crippen molar-refractivity contribution in [3.63, 3.8) is 0 Å². The molecule has 0 atom stereocenters. The zero-order valence-electron chi connectivity index (χ0n) is 9.54. The summed E-state index contributed by atoms with van der Waals surface area (Å²) in [5, 5.41) is 11.4. The number of oxime groups is 1. The van der Waals surface area contributed by atoms with Crippen LogP contribution in [0.15, 0.2) is 17.4 Å². The van der Waals surface area contributed by atoms with Crippen molar-refractivity contribution in [2.45, 2.75) is 25.7 Å². The molecule has 6 heteroatoms. The molecule has 3 N–H and O–H groups in total. The van der Waals surface area contributed by atoms with Crippen LogP contribution in [0.25, 0.3) is 0 Å². The van der Waals surface area contributed by atoms with Crippen LogP contribution in [0.2, 0.25) is 0 Å². The molecule has 0 aliphatic heterocycles. The van der Waals surface area contributed by atoms with E-state index in [4.69, 9.17) is 15.7 Å². The molecule has 0 unspecified atom stereocenters. The van der Waals surface area contributed by atoms with Gasteiger partial charge in [0.05, 0.1) is 6.61 Å². The molecule has 2 rings (SSSR count). The predicted molar refractivity (Wildman–Crippen MR) is 62.0 cm³/mol. The van der Waals surface area contributed by atoms with Crippen molar-refractivity contribution >= 4 is 5.84 Å². The Balaban J connectivity index is 1.87. The molecule has 0 aromatic carbocycles. The van der Waals surface area contributed by atoms with Gasteiger partial charge in [-0.25, -0.2) is 4.98 Å². The van der Waals surface area contributed by atoms with Crippen molar-refractivity contribution in [3.05, 3.63) is 18.0 Å². The lowest BCUT2D eigenvalue weighted by Gasteiger charge is -2.24. The van der Waals surface area contributed by atoms with Crippen LogP contribution >= 0.6 is 0 Å². The monoisotopic (exact) mass is 236 g/mol. The van der Waals surface area contributed by atoms with Crippen LogP contribution in [-0.4, -0.2) is 27.6 Å². The summed E-state index contributed by atoms with van der Waals surface area (Å²) in [4.78, 5) is 8.01. The molecule has 17 heavy (non-hydrogen) atoms. The van der Waals surface area contributed by atoms with Crippen molar-refractivity contribution in [1.29, 1.82) is 0 Å². The van der Waals surface area contributed by atoms with Crippen molar-refractivity contribution < 1.29 is 9.94 Å². The Morgan fingerprint density at radius 3 is 3.06 bits per heavy atom. The Morgan fingerprint density at radius 1 is 1.59 bits per heavy atom. The van der Waals surface area contributed by atoms with Crippen LogP contribution in [-0.2, 0) is 0 Å². The smallest absolute Gasteiger partial charge is 0.317 e. The third-order valence-electron chi connectivity index (χ3n) is 2.99. The Hall–Kier alpha value is -1.85. The molecule has 1 heterocycles. The molecule has 1 fully saturated rings. The molecular weight excluding hydrogens is 220 g/mol. The number of aromatic nitrogens is 2. The molecule has 6 nitrogen and oxygen atoms in total. The van der Waals surface area contributed by atoms with E-state index in [1.807, 2.05) is 0 Å². The van der Waals surface area contributed by atoms with E-state index in [1.165, 1.54) is 25.5 Å². The molecule has 92 valence electrons. The number of nitrogens with zero attached hydrogens (tertiary/aromatic N) is 3. The lowest BCUT2D eigenvalue weighted by Crippen LogP contribution is -2.17. The first-order chi connectivity index (χ1) is 8.29. The molecule has 1 aliphatic carbocycles. The highest BCUT2D eigenvalue weighted by Gasteiger charge is 2.17. The second-order valence-electron chi connectivity index (χ2n) is 4.14. The number of rotatable bonds is 5. The van der Waals surface area contributed by atoms with E-state index in [2.05, 4.69) is 15.1 Å². The zero-order chi connectivity index (χ0) is 12.1. The van der Waals surface area contributed by atoms with Gasteiger partial charge in [0.15, 0.2) is 5.84 Å². The summed E-state index contributed by atoms with van der Waals surface area (Å²) in [5.41, 5.74) is 5.79. The van der Waals surface area contributed by atoms with Gasteiger partial charge in [-0.15, -0.1) is 0 Å². The first-order valence-electron chi connectivity index (χ1n) is 5.73. The minimum Gasteiger partial charge on any atom is -0.463 e. The number of amidine groups is 1. The fourth-order valence-electron chi connectivity index (χ4n) is 1.70. The summed E-state index contributed by atoms with van der Waals surface area (Å²) < 4.78 is 5.43. The van der Waals surface area contributed by atoms with Crippen LogP contribution in [0, 0.1) is 5.92 Å². The molecule has 1 aromatic heterocycles. The third-order valence-corrected chi connectivity index (χ3v) is 2.99. The second-order valence-corrected chi connectivity index (χ2v) is 4.14. The molecule has 0 radical (unpaired) electrons. The van der Waals surface area contributed by atoms with Crippen molar-refractivity contribution in [2.75, 3.05) is 6.61 Å². The van der Waals surface area contributed by atoms with E-state index in [0.717, 1.165) is 12.3 Å². The number of ether oxygens (including phenoxy) is 1. The van der Waals surface area contributed by atoms with Crippen LogP contribution in [0.5, 0.6) is 6.01 Å². The highest BCUT2D eigenvalue weighted by Crippen LogP contribution is 2.29. The van der Waals surface area contributed by atoms with Gasteiger partial charge in [0.25, 0.3) is 0 Å². The molecule has 1 aromatic rings. The summed E-state index contributed by atoms with van der Waals surface area (Å²) in [7, 11) is 0. The Labute approximate surface area is 99.5 Å². The normalized spacial score (nSPS) is 16.6. The number of hydrogen-bond acceptors (Lipinski definition) is 5. The largest absolute Gasteiger partial charge is 0.463 e. The molecule has 1 aliphatic rings. The summed E-state index contributed by atoms with van der Waals surface area (Å²) >= 11 is 0. The van der Waals surface area contributed by atoms with Crippen LogP contribution in [0.1, 0.15) is 31.4 Å². The Kier molecular flexibility index (Phi) is 3.74. The van der Waals surface area contributed by atoms with Gasteiger partial charge in [0, 0.05) is 6.20 Å². The quantitative estimate of drug-likeness (QED) is 0.346. The van der Waals surface area contributed by atoms with Gasteiger partial charge < -0.3 is 15.7 Å². The molecule has 0 saturated heterocycles. The second kappa shape index (κ2) is 5.47. The number of hydrogen-bond donors (Lipinski definition) is 2. The molecule has 0 bridgehead atoms. The minimum atomic E-state index is -0.0451. The molecular formula is C11H16N4O2. The molecule has 1 saturated carbocycles. The Bertz CT molecular complexity index is 404. The zero-order valence-corrected chi connectivity index (χ0v) is 9.54. The van der Waals surface area contributed by atoms with Gasteiger partial charge >= 0.3 is 6.01 Å². The fourth-order valence-corrected chi connectivity index (χ4v) is 1.70. The average molecular weight is 236 g/mol. The highest BCUT2D eigenvalue weighted by atomic mass is 16.5. The minimum absolute atomic E-state index is 0.0451. The van der Waals surface area contributed by atoms with E-state index in [1.54, 1.807) is 6.07 Å². The van der Waals surface area contributed by atoms with Crippen molar-refractivity contribution in [2.24, 2.45) is 16.8 Å². The summed E-state index contributed by atoms with van der Waals surface area (Å²) in [6.45, 7) is 0.615. The van der Waals surface area contributed by atoms with Crippen molar-refractivity contribution in [1.82, 2.24) is 9.97 Å². The van der Waals surface area contributed by atoms with Gasteiger partial charge in [-0.2, -0.15) is 4.98 Å². The van der Waals surface area contributed by atoms with Gasteiger partial charge in [-0.3, -0.25) is 0 Å². The first kappa shape index (κ1) is 11.6. The lowest BCUT2D eigenvalue weighted by molar-refractivity contribution is 0.212. The van der Waals surface area contributed by atoms with E-state index >= 15 is 0 Å². The van der Waals surface area contributed by atoms with E-state index in [9.17, 15) is 0 Å². The van der Waals surface area contributed by atoms with Gasteiger partial charge in [-0.05, 0) is 18.4 Å². The van der Waals surface area contributed by atoms with Gasteiger partial charge in [0.1, 0.15) is 5.69 Å². The van der Waals surface area contributed by atoms with Crippen LogP contribution < -0.4 is 10.5 Å². The predicted octanol–water partition coefficient (Wildman–Crippen LogP) is 1.14. The van der Waals surface area contributed by atoms with E-state index in [-0.39, 0.29) is 11.8 Å². The first-order valence-corrected chi connectivity index (χ1v) is 5.73. The highest BCUT2D eigenvalue weighted by molar-refractivity contribution is 5.95. The maximum atomic E-state index is 8.53. The van der Waals surface area contributed by atoms with Crippen LogP contribution in [0.3, 0.4) is 0 Å².